The van der Waals surface area contributed by atoms with Crippen molar-refractivity contribution in [1.82, 2.24) is 9.88 Å². The third-order valence-corrected chi connectivity index (χ3v) is 4.53. The molecule has 1 aromatic heterocycles. The normalized spacial score (nSPS) is 15.5. The monoisotopic (exact) mass is 337 g/mol. The summed E-state index contributed by atoms with van der Waals surface area (Å²) in [6.45, 7) is 4.40. The average molecular weight is 337 g/mol. The number of anilines is 1. The molecule has 3 aromatic rings. The number of nitrogens with zero attached hydrogens (tertiary/aromatic N) is 3. The molecule has 0 saturated carbocycles. The number of halogens is 1. The van der Waals surface area contributed by atoms with Gasteiger partial charge in [-0.2, -0.15) is 0 Å². The molecule has 0 atom stereocenters. The number of hydrogen-bond donors (Lipinski definition) is 0. The van der Waals surface area contributed by atoms with E-state index in [-0.39, 0.29) is 5.82 Å². The molecule has 0 bridgehead atoms. The predicted molar refractivity (Wildman–Crippen MR) is 95.8 cm³/mol. The fourth-order valence-corrected chi connectivity index (χ4v) is 3.13. The topological polar surface area (TPSA) is 32.5 Å². The Kier molecular flexibility index (Phi) is 4.48. The van der Waals surface area contributed by atoms with E-state index in [0.29, 0.717) is 6.54 Å². The molecule has 1 aliphatic rings. The molecule has 128 valence electrons. The summed E-state index contributed by atoms with van der Waals surface area (Å²) in [6.07, 6.45) is 1.79. The van der Waals surface area contributed by atoms with Gasteiger partial charge in [-0.15, -0.1) is 0 Å². The van der Waals surface area contributed by atoms with Crippen molar-refractivity contribution in [3.05, 3.63) is 72.5 Å². The zero-order chi connectivity index (χ0) is 17.1. The summed E-state index contributed by atoms with van der Waals surface area (Å²) in [5.74, 6) is 1.36. The minimum absolute atomic E-state index is 0.194. The van der Waals surface area contributed by atoms with Crippen LogP contribution in [0.2, 0.25) is 0 Å². The number of aromatic nitrogens is 1. The molecular formula is C20H20FN3O. The Morgan fingerprint density at radius 2 is 1.64 bits per heavy atom. The fraction of sp³-hybridized carbons (Fsp3) is 0.250. The van der Waals surface area contributed by atoms with E-state index in [2.05, 4.69) is 14.8 Å². The lowest BCUT2D eigenvalue weighted by molar-refractivity contribution is 0.227. The van der Waals surface area contributed by atoms with E-state index in [1.165, 1.54) is 12.1 Å². The lowest BCUT2D eigenvalue weighted by atomic mass is 10.2. The molecule has 0 N–H and O–H groups in total. The number of oxazole rings is 1. The molecule has 2 aromatic carbocycles. The summed E-state index contributed by atoms with van der Waals surface area (Å²) in [6, 6.07) is 16.7. The second-order valence-electron chi connectivity index (χ2n) is 6.22. The average Bonchev–Trinajstić information content (AvgIpc) is 3.12. The molecule has 1 fully saturated rings. The Labute approximate surface area is 146 Å². The van der Waals surface area contributed by atoms with Crippen LogP contribution >= 0.6 is 0 Å². The van der Waals surface area contributed by atoms with Crippen molar-refractivity contribution in [2.45, 2.75) is 6.54 Å². The number of benzene rings is 2. The van der Waals surface area contributed by atoms with Crippen LogP contribution in [0, 0.1) is 5.82 Å². The number of piperazine rings is 1. The molecule has 25 heavy (non-hydrogen) atoms. The summed E-state index contributed by atoms with van der Waals surface area (Å²) in [5, 5.41) is 0. The summed E-state index contributed by atoms with van der Waals surface area (Å²) in [4.78, 5) is 9.02. The molecule has 5 heteroatoms. The maximum absolute atomic E-state index is 13.0. The highest BCUT2D eigenvalue weighted by molar-refractivity contribution is 5.55. The third-order valence-electron chi connectivity index (χ3n) is 4.53. The second kappa shape index (κ2) is 7.07. The van der Waals surface area contributed by atoms with Crippen LogP contribution in [-0.4, -0.2) is 36.1 Å². The van der Waals surface area contributed by atoms with E-state index in [4.69, 9.17) is 4.42 Å². The van der Waals surface area contributed by atoms with Gasteiger partial charge < -0.3 is 9.32 Å². The van der Waals surface area contributed by atoms with E-state index in [9.17, 15) is 4.39 Å². The van der Waals surface area contributed by atoms with Crippen molar-refractivity contribution in [3.63, 3.8) is 0 Å². The minimum atomic E-state index is -0.194. The maximum atomic E-state index is 13.0. The summed E-state index contributed by atoms with van der Waals surface area (Å²) in [7, 11) is 0. The van der Waals surface area contributed by atoms with Crippen LogP contribution in [0.15, 0.2) is 65.2 Å². The predicted octanol–water partition coefficient (Wildman–Crippen LogP) is 3.80. The highest BCUT2D eigenvalue weighted by Crippen LogP contribution is 2.21. The molecule has 0 aliphatic carbocycles. The zero-order valence-corrected chi connectivity index (χ0v) is 13.9. The third kappa shape index (κ3) is 3.72. The maximum Gasteiger partial charge on any atom is 0.209 e. The van der Waals surface area contributed by atoms with Gasteiger partial charge in [0.1, 0.15) is 5.82 Å². The van der Waals surface area contributed by atoms with Gasteiger partial charge in [0, 0.05) is 37.4 Å². The molecule has 0 amide bonds. The van der Waals surface area contributed by atoms with Crippen molar-refractivity contribution >= 4 is 5.69 Å². The van der Waals surface area contributed by atoms with Crippen molar-refractivity contribution in [1.29, 1.82) is 0 Å². The van der Waals surface area contributed by atoms with Crippen LogP contribution in [0.4, 0.5) is 10.1 Å². The summed E-state index contributed by atoms with van der Waals surface area (Å²) in [5.41, 5.74) is 2.12. The quantitative estimate of drug-likeness (QED) is 0.725. The largest absolute Gasteiger partial charge is 0.439 e. The molecular weight excluding hydrogens is 317 g/mol. The van der Waals surface area contributed by atoms with Crippen LogP contribution in [-0.2, 0) is 6.54 Å². The van der Waals surface area contributed by atoms with E-state index in [1.54, 1.807) is 6.20 Å². The van der Waals surface area contributed by atoms with Crippen molar-refractivity contribution in [3.8, 4) is 11.3 Å². The molecule has 1 aliphatic heterocycles. The lowest BCUT2D eigenvalue weighted by Gasteiger charge is -2.35. The first kappa shape index (κ1) is 15.8. The van der Waals surface area contributed by atoms with Gasteiger partial charge in [0.15, 0.2) is 5.76 Å². The lowest BCUT2D eigenvalue weighted by Crippen LogP contribution is -2.46. The second-order valence-corrected chi connectivity index (χ2v) is 6.22. The zero-order valence-electron chi connectivity index (χ0n) is 13.9. The standard InChI is InChI=1S/C20H20FN3O/c21-17-6-8-18(9-7-17)24-12-10-23(11-13-24)15-20-22-14-19(25-20)16-4-2-1-3-5-16/h1-9,14H,10-13,15H2. The first-order chi connectivity index (χ1) is 12.3. The van der Waals surface area contributed by atoms with Gasteiger partial charge in [-0.25, -0.2) is 9.37 Å². The van der Waals surface area contributed by atoms with Gasteiger partial charge >= 0.3 is 0 Å². The Bertz CT molecular complexity index is 808. The molecule has 1 saturated heterocycles. The van der Waals surface area contributed by atoms with Crippen molar-refractivity contribution in [2.75, 3.05) is 31.1 Å². The van der Waals surface area contributed by atoms with Crippen LogP contribution < -0.4 is 4.90 Å². The number of rotatable bonds is 4. The van der Waals surface area contributed by atoms with Crippen LogP contribution in [0.1, 0.15) is 5.89 Å². The van der Waals surface area contributed by atoms with Gasteiger partial charge in [-0.3, -0.25) is 4.90 Å². The van der Waals surface area contributed by atoms with Gasteiger partial charge in [-0.05, 0) is 24.3 Å². The van der Waals surface area contributed by atoms with Crippen molar-refractivity contribution in [2.24, 2.45) is 0 Å². The molecule has 2 heterocycles. The first-order valence-corrected chi connectivity index (χ1v) is 8.51. The van der Waals surface area contributed by atoms with Crippen LogP contribution in [0.25, 0.3) is 11.3 Å². The first-order valence-electron chi connectivity index (χ1n) is 8.51. The Hall–Kier alpha value is -2.66. The minimum Gasteiger partial charge on any atom is -0.439 e. The van der Waals surface area contributed by atoms with E-state index >= 15 is 0 Å². The van der Waals surface area contributed by atoms with E-state index in [1.807, 2.05) is 42.5 Å². The summed E-state index contributed by atoms with van der Waals surface area (Å²) >= 11 is 0. The smallest absolute Gasteiger partial charge is 0.209 e. The van der Waals surface area contributed by atoms with E-state index < -0.39 is 0 Å². The Balaban J connectivity index is 1.34. The Morgan fingerprint density at radius 3 is 2.36 bits per heavy atom. The molecule has 4 nitrogen and oxygen atoms in total. The van der Waals surface area contributed by atoms with Gasteiger partial charge in [-0.1, -0.05) is 30.3 Å². The molecule has 4 rings (SSSR count). The summed E-state index contributed by atoms with van der Waals surface area (Å²) < 4.78 is 18.9. The van der Waals surface area contributed by atoms with Crippen LogP contribution in [0.3, 0.4) is 0 Å². The fourth-order valence-electron chi connectivity index (χ4n) is 3.13. The van der Waals surface area contributed by atoms with Gasteiger partial charge in [0.05, 0.1) is 12.7 Å². The molecule has 0 radical (unpaired) electrons. The number of hydrogen-bond acceptors (Lipinski definition) is 4. The SMILES string of the molecule is Fc1ccc(N2CCN(Cc3ncc(-c4ccccc4)o3)CC2)cc1. The van der Waals surface area contributed by atoms with Gasteiger partial charge in [0.2, 0.25) is 5.89 Å². The molecule has 0 unspecified atom stereocenters. The van der Waals surface area contributed by atoms with Crippen LogP contribution in [0.5, 0.6) is 0 Å². The van der Waals surface area contributed by atoms with Crippen molar-refractivity contribution < 1.29 is 8.81 Å². The molecule has 0 spiro atoms. The highest BCUT2D eigenvalue weighted by atomic mass is 19.1. The highest BCUT2D eigenvalue weighted by Gasteiger charge is 2.19. The van der Waals surface area contributed by atoms with E-state index in [0.717, 1.165) is 49.1 Å². The van der Waals surface area contributed by atoms with Gasteiger partial charge in [0.25, 0.3) is 0 Å². The Morgan fingerprint density at radius 1 is 0.920 bits per heavy atom.